The van der Waals surface area contributed by atoms with Gasteiger partial charge in [-0.2, -0.15) is 0 Å². The first-order valence-corrected chi connectivity index (χ1v) is 6.27. The highest BCUT2D eigenvalue weighted by Crippen LogP contribution is 2.24. The fourth-order valence-corrected chi connectivity index (χ4v) is 2.09. The number of nitrogens with zero attached hydrogens (tertiary/aromatic N) is 1. The lowest BCUT2D eigenvalue weighted by Crippen LogP contribution is -2.26. The molecule has 0 unspecified atom stereocenters. The number of rotatable bonds is 2. The minimum atomic E-state index is -0.515. The first-order chi connectivity index (χ1) is 9.00. The van der Waals surface area contributed by atoms with Crippen molar-refractivity contribution in [2.75, 3.05) is 11.9 Å². The van der Waals surface area contributed by atoms with E-state index in [-0.39, 0.29) is 10.0 Å². The van der Waals surface area contributed by atoms with Crippen molar-refractivity contribution in [1.82, 2.24) is 0 Å². The Kier molecular flexibility index (Phi) is 3.95. The van der Waals surface area contributed by atoms with E-state index in [1.165, 1.54) is 48.3 Å². The number of carbonyl (C=O) groups is 1. The molecule has 0 heterocycles. The SMILES string of the molecule is CN(C(=O)c1cccc(F)c1Br)c1cccc(F)c1. The zero-order valence-corrected chi connectivity index (χ0v) is 11.6. The molecular formula is C14H10BrF2NO. The number of benzene rings is 2. The molecule has 2 aromatic rings. The lowest BCUT2D eigenvalue weighted by molar-refractivity contribution is 0.0991. The van der Waals surface area contributed by atoms with Crippen molar-refractivity contribution in [2.24, 2.45) is 0 Å². The minimum Gasteiger partial charge on any atom is -0.311 e. The summed E-state index contributed by atoms with van der Waals surface area (Å²) in [6.07, 6.45) is 0. The molecular weight excluding hydrogens is 316 g/mol. The third kappa shape index (κ3) is 2.81. The lowest BCUT2D eigenvalue weighted by Gasteiger charge is -2.18. The van der Waals surface area contributed by atoms with E-state index < -0.39 is 17.5 Å². The summed E-state index contributed by atoms with van der Waals surface area (Å²) in [7, 11) is 1.51. The van der Waals surface area contributed by atoms with Gasteiger partial charge in [0.1, 0.15) is 11.6 Å². The van der Waals surface area contributed by atoms with E-state index in [0.717, 1.165) is 0 Å². The molecule has 0 saturated carbocycles. The Bertz CT molecular complexity index is 631. The Hall–Kier alpha value is -1.75. The molecule has 0 atom stereocenters. The van der Waals surface area contributed by atoms with Crippen molar-refractivity contribution in [2.45, 2.75) is 0 Å². The highest BCUT2D eigenvalue weighted by Gasteiger charge is 2.18. The summed E-state index contributed by atoms with van der Waals surface area (Å²) in [5.41, 5.74) is 0.591. The van der Waals surface area contributed by atoms with Crippen LogP contribution in [0.1, 0.15) is 10.4 Å². The van der Waals surface area contributed by atoms with Crippen molar-refractivity contribution in [3.8, 4) is 0 Å². The van der Waals surface area contributed by atoms with Crippen molar-refractivity contribution in [3.05, 3.63) is 64.1 Å². The average Bonchev–Trinajstić information content (AvgIpc) is 2.40. The highest BCUT2D eigenvalue weighted by atomic mass is 79.9. The lowest BCUT2D eigenvalue weighted by atomic mass is 10.2. The van der Waals surface area contributed by atoms with Gasteiger partial charge in [-0.3, -0.25) is 4.79 Å². The molecule has 0 bridgehead atoms. The quantitative estimate of drug-likeness (QED) is 0.817. The van der Waals surface area contributed by atoms with E-state index in [2.05, 4.69) is 15.9 Å². The maximum Gasteiger partial charge on any atom is 0.259 e. The van der Waals surface area contributed by atoms with Gasteiger partial charge in [0.2, 0.25) is 0 Å². The standard InChI is InChI=1S/C14H10BrF2NO/c1-18(10-5-2-4-9(16)8-10)14(19)11-6-3-7-12(17)13(11)15/h2-8H,1H3. The molecule has 2 aromatic carbocycles. The molecule has 98 valence electrons. The topological polar surface area (TPSA) is 20.3 Å². The zero-order chi connectivity index (χ0) is 14.0. The van der Waals surface area contributed by atoms with Gasteiger partial charge in [-0.25, -0.2) is 8.78 Å². The summed E-state index contributed by atoms with van der Waals surface area (Å²) >= 11 is 3.04. The summed E-state index contributed by atoms with van der Waals surface area (Å²) < 4.78 is 26.6. The van der Waals surface area contributed by atoms with Crippen LogP contribution in [0.5, 0.6) is 0 Å². The van der Waals surface area contributed by atoms with Gasteiger partial charge in [0.15, 0.2) is 0 Å². The smallest absolute Gasteiger partial charge is 0.259 e. The summed E-state index contributed by atoms with van der Waals surface area (Å²) in [4.78, 5) is 13.5. The largest absolute Gasteiger partial charge is 0.311 e. The first kappa shape index (κ1) is 13.7. The number of anilines is 1. The predicted octanol–water partition coefficient (Wildman–Crippen LogP) is 4.00. The Morgan fingerprint density at radius 1 is 1.16 bits per heavy atom. The van der Waals surface area contributed by atoms with Gasteiger partial charge in [0.25, 0.3) is 5.91 Å². The summed E-state index contributed by atoms with van der Waals surface area (Å²) in [5, 5.41) is 0. The molecule has 0 spiro atoms. The molecule has 0 aliphatic carbocycles. The van der Waals surface area contributed by atoms with Crippen LogP contribution in [0.25, 0.3) is 0 Å². The Morgan fingerprint density at radius 2 is 1.84 bits per heavy atom. The second-order valence-electron chi connectivity index (χ2n) is 3.95. The number of hydrogen-bond acceptors (Lipinski definition) is 1. The monoisotopic (exact) mass is 325 g/mol. The van der Waals surface area contributed by atoms with Crippen molar-refractivity contribution < 1.29 is 13.6 Å². The van der Waals surface area contributed by atoms with Crippen LogP contribution in [0.3, 0.4) is 0 Å². The first-order valence-electron chi connectivity index (χ1n) is 5.48. The summed E-state index contributed by atoms with van der Waals surface area (Å²) in [5.74, 6) is -1.37. The maximum absolute atomic E-state index is 13.4. The number of hydrogen-bond donors (Lipinski definition) is 0. The molecule has 0 fully saturated rings. The fraction of sp³-hybridized carbons (Fsp3) is 0.0714. The third-order valence-electron chi connectivity index (χ3n) is 2.68. The van der Waals surface area contributed by atoms with Crippen molar-refractivity contribution >= 4 is 27.5 Å². The molecule has 0 saturated heterocycles. The predicted molar refractivity (Wildman–Crippen MR) is 73.2 cm³/mol. The van der Waals surface area contributed by atoms with Crippen LogP contribution >= 0.6 is 15.9 Å². The normalized spacial score (nSPS) is 10.3. The van der Waals surface area contributed by atoms with E-state index in [0.29, 0.717) is 5.69 Å². The van der Waals surface area contributed by atoms with Gasteiger partial charge < -0.3 is 4.90 Å². The number of amides is 1. The number of carbonyl (C=O) groups excluding carboxylic acids is 1. The van der Waals surface area contributed by atoms with Crippen LogP contribution in [-0.4, -0.2) is 13.0 Å². The van der Waals surface area contributed by atoms with Crippen LogP contribution in [0.15, 0.2) is 46.9 Å². The Balaban J connectivity index is 2.36. The van der Waals surface area contributed by atoms with Gasteiger partial charge >= 0.3 is 0 Å². The Labute approximate surface area is 117 Å². The molecule has 1 amide bonds. The van der Waals surface area contributed by atoms with Crippen LogP contribution in [0.4, 0.5) is 14.5 Å². The van der Waals surface area contributed by atoms with Crippen LogP contribution in [0.2, 0.25) is 0 Å². The zero-order valence-electron chi connectivity index (χ0n) is 10.0. The second kappa shape index (κ2) is 5.48. The van der Waals surface area contributed by atoms with E-state index in [9.17, 15) is 13.6 Å². The third-order valence-corrected chi connectivity index (χ3v) is 3.49. The molecule has 0 N–H and O–H groups in total. The van der Waals surface area contributed by atoms with Crippen molar-refractivity contribution in [3.63, 3.8) is 0 Å². The van der Waals surface area contributed by atoms with Gasteiger partial charge in [-0.05, 0) is 46.3 Å². The van der Waals surface area contributed by atoms with Gasteiger partial charge in [-0.15, -0.1) is 0 Å². The van der Waals surface area contributed by atoms with E-state index >= 15 is 0 Å². The van der Waals surface area contributed by atoms with Crippen molar-refractivity contribution in [1.29, 1.82) is 0 Å². The maximum atomic E-state index is 13.4. The second-order valence-corrected chi connectivity index (χ2v) is 4.74. The van der Waals surface area contributed by atoms with E-state index in [1.54, 1.807) is 6.07 Å². The van der Waals surface area contributed by atoms with E-state index in [1.807, 2.05) is 0 Å². The highest BCUT2D eigenvalue weighted by molar-refractivity contribution is 9.10. The molecule has 2 rings (SSSR count). The molecule has 0 aliphatic heterocycles. The molecule has 5 heteroatoms. The number of halogens is 3. The van der Waals surface area contributed by atoms with Crippen LogP contribution in [-0.2, 0) is 0 Å². The molecule has 0 radical (unpaired) electrons. The van der Waals surface area contributed by atoms with Gasteiger partial charge in [-0.1, -0.05) is 12.1 Å². The fourth-order valence-electron chi connectivity index (χ4n) is 1.65. The summed E-state index contributed by atoms with van der Waals surface area (Å²) in [6.45, 7) is 0. The molecule has 19 heavy (non-hydrogen) atoms. The minimum absolute atomic E-state index is 0.100. The van der Waals surface area contributed by atoms with Crippen LogP contribution < -0.4 is 4.90 Å². The van der Waals surface area contributed by atoms with Gasteiger partial charge in [0.05, 0.1) is 10.0 Å². The molecule has 0 aromatic heterocycles. The Morgan fingerprint density at radius 3 is 2.53 bits per heavy atom. The van der Waals surface area contributed by atoms with Crippen LogP contribution in [0, 0.1) is 11.6 Å². The average molecular weight is 326 g/mol. The molecule has 2 nitrogen and oxygen atoms in total. The molecule has 0 aliphatic rings. The van der Waals surface area contributed by atoms with E-state index in [4.69, 9.17) is 0 Å². The summed E-state index contributed by atoms with van der Waals surface area (Å²) in [6, 6.07) is 9.86. The van der Waals surface area contributed by atoms with Gasteiger partial charge in [0, 0.05) is 12.7 Å².